The molecule has 0 aromatic carbocycles. The summed E-state index contributed by atoms with van der Waals surface area (Å²) in [7, 11) is 0. The fourth-order valence-corrected chi connectivity index (χ4v) is 1.71. The Morgan fingerprint density at radius 3 is 1.83 bits per heavy atom. The molecule has 0 bridgehead atoms. The smallest absolute Gasteiger partial charge is 0.424 e. The van der Waals surface area contributed by atoms with Crippen LogP contribution in [0.1, 0.15) is 47.2 Å². The Kier molecular flexibility index (Phi) is 5.58. The molecule has 0 saturated heterocycles. The Morgan fingerprint density at radius 1 is 1.04 bits per heavy atom. The average molecular weight is 344 g/mol. The lowest BCUT2D eigenvalue weighted by Gasteiger charge is -2.28. The predicted octanol–water partition coefficient (Wildman–Crippen LogP) is 4.12. The van der Waals surface area contributed by atoms with Crippen molar-refractivity contribution in [2.24, 2.45) is 0 Å². The highest BCUT2D eigenvalue weighted by Crippen LogP contribution is 2.24. The second-order valence-electron chi connectivity index (χ2n) is 6.91. The number of halogens is 1. The number of hydrogen-bond acceptors (Lipinski definition) is 6. The Hall–Kier alpha value is -1.89. The van der Waals surface area contributed by atoms with E-state index in [0.29, 0.717) is 5.69 Å². The van der Waals surface area contributed by atoms with E-state index in [1.807, 2.05) is 0 Å². The summed E-state index contributed by atoms with van der Waals surface area (Å²) < 4.78 is 10.5. The quantitative estimate of drug-likeness (QED) is 0.713. The van der Waals surface area contributed by atoms with Crippen molar-refractivity contribution in [1.82, 2.24) is 9.97 Å². The van der Waals surface area contributed by atoms with Crippen LogP contribution in [0.4, 0.5) is 15.3 Å². The van der Waals surface area contributed by atoms with Gasteiger partial charge < -0.3 is 9.47 Å². The zero-order valence-corrected chi connectivity index (χ0v) is 15.2. The van der Waals surface area contributed by atoms with Crippen molar-refractivity contribution in [2.75, 3.05) is 4.90 Å². The standard InChI is InChI=1S/C15H22ClN3O4/c1-9-10(8-17-11(16)18-9)19(12(20)22-14(2,3)4)13(21)23-15(5,6)7/h8H,1-7H3. The molecule has 8 heteroatoms. The van der Waals surface area contributed by atoms with E-state index in [-0.39, 0.29) is 11.0 Å². The molecule has 0 aliphatic heterocycles. The van der Waals surface area contributed by atoms with Gasteiger partial charge in [0, 0.05) is 0 Å². The molecule has 1 rings (SSSR count). The molecule has 1 aromatic rings. The van der Waals surface area contributed by atoms with E-state index in [0.717, 1.165) is 4.90 Å². The maximum absolute atomic E-state index is 12.4. The number of ether oxygens (including phenoxy) is 2. The molecule has 1 aromatic heterocycles. The van der Waals surface area contributed by atoms with Gasteiger partial charge in [-0.15, -0.1) is 0 Å². The Balaban J connectivity index is 3.25. The van der Waals surface area contributed by atoms with E-state index in [1.54, 1.807) is 48.5 Å². The molecule has 0 spiro atoms. The minimum absolute atomic E-state index is 0.0135. The molecule has 0 aliphatic rings. The fourth-order valence-electron chi connectivity index (χ4n) is 1.54. The number of amides is 2. The monoisotopic (exact) mass is 343 g/mol. The van der Waals surface area contributed by atoms with Gasteiger partial charge in [0.05, 0.1) is 17.6 Å². The van der Waals surface area contributed by atoms with Gasteiger partial charge in [-0.05, 0) is 60.1 Å². The van der Waals surface area contributed by atoms with Gasteiger partial charge in [-0.25, -0.2) is 19.6 Å². The van der Waals surface area contributed by atoms with Crippen molar-refractivity contribution < 1.29 is 19.1 Å². The lowest BCUT2D eigenvalue weighted by molar-refractivity contribution is 0.0430. The van der Waals surface area contributed by atoms with Crippen molar-refractivity contribution >= 4 is 29.5 Å². The van der Waals surface area contributed by atoms with E-state index < -0.39 is 23.4 Å². The molecular weight excluding hydrogens is 322 g/mol. The summed E-state index contributed by atoms with van der Waals surface area (Å²) in [6.45, 7) is 11.8. The Bertz CT molecular complexity index is 578. The Labute approximate surface area is 140 Å². The highest BCUT2D eigenvalue weighted by Gasteiger charge is 2.34. The number of anilines is 1. The molecule has 0 aliphatic carbocycles. The number of rotatable bonds is 1. The normalized spacial score (nSPS) is 11.8. The summed E-state index contributed by atoms with van der Waals surface area (Å²) in [5.74, 6) is 0. The van der Waals surface area contributed by atoms with Crippen LogP contribution < -0.4 is 4.90 Å². The largest absolute Gasteiger partial charge is 0.443 e. The van der Waals surface area contributed by atoms with E-state index in [1.165, 1.54) is 6.20 Å². The van der Waals surface area contributed by atoms with Gasteiger partial charge in [0.1, 0.15) is 11.2 Å². The van der Waals surface area contributed by atoms with Crippen LogP contribution in [0.25, 0.3) is 0 Å². The molecule has 128 valence electrons. The molecule has 0 unspecified atom stereocenters. The van der Waals surface area contributed by atoms with Gasteiger partial charge in [0.15, 0.2) is 0 Å². The first-order valence-electron chi connectivity index (χ1n) is 7.05. The lowest BCUT2D eigenvalue weighted by atomic mass is 10.2. The minimum atomic E-state index is -0.874. The lowest BCUT2D eigenvalue weighted by Crippen LogP contribution is -2.44. The first-order chi connectivity index (χ1) is 10.3. The van der Waals surface area contributed by atoms with Crippen molar-refractivity contribution in [3.05, 3.63) is 17.2 Å². The summed E-state index contributed by atoms with van der Waals surface area (Å²) in [6.07, 6.45) is -0.472. The molecule has 0 fully saturated rings. The van der Waals surface area contributed by atoms with Crippen LogP contribution in [0.5, 0.6) is 0 Å². The third-order valence-corrected chi connectivity index (χ3v) is 2.50. The van der Waals surface area contributed by atoms with E-state index >= 15 is 0 Å². The van der Waals surface area contributed by atoms with Crippen LogP contribution in [0, 0.1) is 6.92 Å². The van der Waals surface area contributed by atoms with Crippen LogP contribution in [-0.4, -0.2) is 33.4 Å². The summed E-state index contributed by atoms with van der Waals surface area (Å²) in [6, 6.07) is 0. The maximum Gasteiger partial charge on any atom is 0.424 e. The SMILES string of the molecule is Cc1nc(Cl)ncc1N(C(=O)OC(C)(C)C)C(=O)OC(C)(C)C. The van der Waals surface area contributed by atoms with Gasteiger partial charge >= 0.3 is 12.2 Å². The summed E-state index contributed by atoms with van der Waals surface area (Å²) >= 11 is 5.72. The number of carbonyl (C=O) groups excluding carboxylic acids is 2. The number of carbonyl (C=O) groups is 2. The fraction of sp³-hybridized carbons (Fsp3) is 0.600. The minimum Gasteiger partial charge on any atom is -0.443 e. The number of imide groups is 1. The molecule has 0 N–H and O–H groups in total. The highest BCUT2D eigenvalue weighted by molar-refractivity contribution is 6.28. The number of aromatic nitrogens is 2. The maximum atomic E-state index is 12.4. The van der Waals surface area contributed by atoms with Crippen LogP contribution in [0.2, 0.25) is 5.28 Å². The summed E-state index contributed by atoms with van der Waals surface area (Å²) in [5.41, 5.74) is -1.06. The van der Waals surface area contributed by atoms with E-state index in [9.17, 15) is 9.59 Å². The van der Waals surface area contributed by atoms with Crippen LogP contribution in [0.3, 0.4) is 0 Å². The molecule has 0 saturated carbocycles. The Morgan fingerprint density at radius 2 is 1.48 bits per heavy atom. The second-order valence-corrected chi connectivity index (χ2v) is 7.24. The van der Waals surface area contributed by atoms with Gasteiger partial charge in [-0.3, -0.25) is 0 Å². The van der Waals surface area contributed by atoms with Crippen molar-refractivity contribution in [1.29, 1.82) is 0 Å². The molecule has 2 amide bonds. The zero-order valence-electron chi connectivity index (χ0n) is 14.4. The van der Waals surface area contributed by atoms with Crippen molar-refractivity contribution in [3.63, 3.8) is 0 Å². The zero-order chi connectivity index (χ0) is 18.0. The van der Waals surface area contributed by atoms with Gasteiger partial charge in [-0.1, -0.05) is 0 Å². The summed E-state index contributed by atoms with van der Waals surface area (Å²) in [5, 5.41) is 0.0135. The molecular formula is C15H22ClN3O4. The van der Waals surface area contributed by atoms with Gasteiger partial charge in [0.25, 0.3) is 0 Å². The predicted molar refractivity (Wildman–Crippen MR) is 86.7 cm³/mol. The van der Waals surface area contributed by atoms with Crippen LogP contribution in [-0.2, 0) is 9.47 Å². The third-order valence-electron chi connectivity index (χ3n) is 2.32. The first-order valence-corrected chi connectivity index (χ1v) is 7.43. The van der Waals surface area contributed by atoms with Crippen LogP contribution >= 0.6 is 11.6 Å². The number of aryl methyl sites for hydroxylation is 1. The number of nitrogens with zero attached hydrogens (tertiary/aromatic N) is 3. The van der Waals surface area contributed by atoms with Crippen molar-refractivity contribution in [3.8, 4) is 0 Å². The van der Waals surface area contributed by atoms with Crippen LogP contribution in [0.15, 0.2) is 6.20 Å². The van der Waals surface area contributed by atoms with Crippen molar-refractivity contribution in [2.45, 2.75) is 59.7 Å². The molecule has 23 heavy (non-hydrogen) atoms. The second kappa shape index (κ2) is 6.70. The topological polar surface area (TPSA) is 81.6 Å². The van der Waals surface area contributed by atoms with Gasteiger partial charge in [-0.2, -0.15) is 4.90 Å². The highest BCUT2D eigenvalue weighted by atomic mass is 35.5. The average Bonchev–Trinajstić information content (AvgIpc) is 2.27. The molecule has 7 nitrogen and oxygen atoms in total. The molecule has 1 heterocycles. The number of hydrogen-bond donors (Lipinski definition) is 0. The first kappa shape index (κ1) is 19.2. The summed E-state index contributed by atoms with van der Waals surface area (Å²) in [4.78, 5) is 33.4. The molecule has 0 radical (unpaired) electrons. The molecule has 0 atom stereocenters. The van der Waals surface area contributed by atoms with Gasteiger partial charge in [0.2, 0.25) is 5.28 Å². The van der Waals surface area contributed by atoms with E-state index in [2.05, 4.69) is 9.97 Å². The van der Waals surface area contributed by atoms with E-state index in [4.69, 9.17) is 21.1 Å². The third kappa shape index (κ3) is 6.02.